The minimum atomic E-state index is -0.413. The number of carbonyl (C=O) groups excluding carboxylic acids is 1. The molecule has 1 N–H and O–H groups in total. The molecule has 0 fully saturated rings. The van der Waals surface area contributed by atoms with Crippen LogP contribution in [-0.4, -0.2) is 21.7 Å². The topological polar surface area (TPSA) is 46.9 Å². The van der Waals surface area contributed by atoms with Crippen molar-refractivity contribution < 1.29 is 9.18 Å². The Labute approximate surface area is 173 Å². The Morgan fingerprint density at radius 3 is 2.43 bits per heavy atom. The molecule has 4 nitrogen and oxygen atoms in total. The third-order valence-electron chi connectivity index (χ3n) is 4.60. The van der Waals surface area contributed by atoms with Crippen molar-refractivity contribution >= 4 is 29.1 Å². The zero-order valence-electron chi connectivity index (χ0n) is 15.7. The molecule has 0 aliphatic rings. The molecule has 0 aliphatic heterocycles. The molecule has 1 unspecified atom stereocenters. The van der Waals surface area contributed by atoms with Crippen LogP contribution in [0.15, 0.2) is 48.5 Å². The smallest absolute Gasteiger partial charge is 0.270 e. The first-order valence-electron chi connectivity index (χ1n) is 8.89. The molecule has 1 heterocycles. The number of nitrogens with zero attached hydrogens (tertiary/aromatic N) is 2. The zero-order chi connectivity index (χ0) is 20.4. The number of benzene rings is 2. The maximum atomic E-state index is 14.3. The predicted molar refractivity (Wildman–Crippen MR) is 111 cm³/mol. The van der Waals surface area contributed by atoms with Gasteiger partial charge in [-0.15, -0.1) is 0 Å². The summed E-state index contributed by atoms with van der Waals surface area (Å²) in [4.78, 5) is 12.9. The number of halogens is 3. The highest BCUT2D eigenvalue weighted by Crippen LogP contribution is 2.28. The Hall–Kier alpha value is -2.37. The van der Waals surface area contributed by atoms with E-state index in [-0.39, 0.29) is 23.6 Å². The van der Waals surface area contributed by atoms with Crippen LogP contribution in [0.5, 0.6) is 0 Å². The van der Waals surface area contributed by atoms with E-state index in [0.29, 0.717) is 27.0 Å². The normalized spacial score (nSPS) is 12.2. The highest BCUT2D eigenvalue weighted by molar-refractivity contribution is 6.42. The lowest BCUT2D eigenvalue weighted by atomic mass is 10.1. The Bertz CT molecular complexity index is 1020. The molecular weight excluding hydrogens is 400 g/mol. The van der Waals surface area contributed by atoms with Crippen LogP contribution in [0.2, 0.25) is 10.0 Å². The standard InChI is InChI=1S/C21H20Cl2FN3O/c1-12(2)13(3)25-21(28)20-11-19(15-6-4-5-7-18(15)24)26-27(20)14-8-9-16(22)17(23)10-14/h4-13H,1-3H3,(H,25,28). The van der Waals surface area contributed by atoms with Gasteiger partial charge in [0.2, 0.25) is 0 Å². The summed E-state index contributed by atoms with van der Waals surface area (Å²) in [7, 11) is 0. The van der Waals surface area contributed by atoms with Crippen LogP contribution in [-0.2, 0) is 0 Å². The van der Waals surface area contributed by atoms with Gasteiger partial charge in [0, 0.05) is 11.6 Å². The maximum absolute atomic E-state index is 14.3. The molecule has 7 heteroatoms. The van der Waals surface area contributed by atoms with Gasteiger partial charge in [0.1, 0.15) is 11.5 Å². The van der Waals surface area contributed by atoms with Crippen LogP contribution in [0.4, 0.5) is 4.39 Å². The summed E-state index contributed by atoms with van der Waals surface area (Å²) in [6.45, 7) is 5.97. The molecule has 28 heavy (non-hydrogen) atoms. The Balaban J connectivity index is 2.11. The summed E-state index contributed by atoms with van der Waals surface area (Å²) in [6, 6.07) is 12.8. The average Bonchev–Trinajstić information content (AvgIpc) is 3.09. The van der Waals surface area contributed by atoms with E-state index in [0.717, 1.165) is 0 Å². The Kier molecular flexibility index (Phi) is 6.06. The van der Waals surface area contributed by atoms with E-state index in [1.807, 2.05) is 20.8 Å². The lowest BCUT2D eigenvalue weighted by Gasteiger charge is -2.17. The van der Waals surface area contributed by atoms with Gasteiger partial charge in [-0.25, -0.2) is 9.07 Å². The van der Waals surface area contributed by atoms with Crippen molar-refractivity contribution in [3.05, 3.63) is 70.1 Å². The predicted octanol–water partition coefficient (Wildman–Crippen LogP) is 5.76. The van der Waals surface area contributed by atoms with Gasteiger partial charge in [-0.1, -0.05) is 49.2 Å². The number of nitrogens with one attached hydrogen (secondary N) is 1. The second kappa shape index (κ2) is 8.33. The molecule has 3 rings (SSSR count). The van der Waals surface area contributed by atoms with Gasteiger partial charge < -0.3 is 5.32 Å². The summed E-state index contributed by atoms with van der Waals surface area (Å²) in [5, 5.41) is 8.16. The SMILES string of the molecule is CC(C)C(C)NC(=O)c1cc(-c2ccccc2F)nn1-c1ccc(Cl)c(Cl)c1. The van der Waals surface area contributed by atoms with Gasteiger partial charge >= 0.3 is 0 Å². The van der Waals surface area contributed by atoms with E-state index >= 15 is 0 Å². The van der Waals surface area contributed by atoms with Crippen LogP contribution in [0, 0.1) is 11.7 Å². The van der Waals surface area contributed by atoms with Crippen LogP contribution in [0.3, 0.4) is 0 Å². The fraction of sp³-hybridized carbons (Fsp3) is 0.238. The third-order valence-corrected chi connectivity index (χ3v) is 5.34. The van der Waals surface area contributed by atoms with Crippen LogP contribution >= 0.6 is 23.2 Å². The van der Waals surface area contributed by atoms with Gasteiger partial charge in [0.15, 0.2) is 0 Å². The van der Waals surface area contributed by atoms with Crippen LogP contribution < -0.4 is 5.32 Å². The molecule has 0 aliphatic carbocycles. The van der Waals surface area contributed by atoms with E-state index in [4.69, 9.17) is 23.2 Å². The molecule has 1 amide bonds. The number of carbonyl (C=O) groups is 1. The first-order valence-corrected chi connectivity index (χ1v) is 9.64. The molecule has 3 aromatic rings. The lowest BCUT2D eigenvalue weighted by Crippen LogP contribution is -2.37. The average molecular weight is 420 g/mol. The molecule has 146 valence electrons. The summed E-state index contributed by atoms with van der Waals surface area (Å²) < 4.78 is 15.7. The lowest BCUT2D eigenvalue weighted by molar-refractivity contribution is 0.0922. The molecule has 0 radical (unpaired) electrons. The largest absolute Gasteiger partial charge is 0.348 e. The molecular formula is C21H20Cl2FN3O. The fourth-order valence-electron chi connectivity index (χ4n) is 2.60. The molecule has 2 aromatic carbocycles. The monoisotopic (exact) mass is 419 g/mol. The number of hydrogen-bond donors (Lipinski definition) is 1. The van der Waals surface area contributed by atoms with Gasteiger partial charge in [-0.05, 0) is 49.2 Å². The van der Waals surface area contributed by atoms with Crippen molar-refractivity contribution in [2.75, 3.05) is 0 Å². The zero-order valence-corrected chi connectivity index (χ0v) is 17.2. The Morgan fingerprint density at radius 1 is 1.07 bits per heavy atom. The second-order valence-electron chi connectivity index (χ2n) is 6.91. The van der Waals surface area contributed by atoms with E-state index in [9.17, 15) is 9.18 Å². The molecule has 1 aromatic heterocycles. The maximum Gasteiger partial charge on any atom is 0.270 e. The minimum absolute atomic E-state index is 0.0402. The number of amides is 1. The first-order chi connectivity index (χ1) is 13.3. The highest BCUT2D eigenvalue weighted by Gasteiger charge is 2.21. The van der Waals surface area contributed by atoms with Crippen molar-refractivity contribution in [3.63, 3.8) is 0 Å². The van der Waals surface area contributed by atoms with Crippen LogP contribution in [0.25, 0.3) is 16.9 Å². The molecule has 0 saturated carbocycles. The Morgan fingerprint density at radius 2 is 1.79 bits per heavy atom. The van der Waals surface area contributed by atoms with Crippen molar-refractivity contribution in [2.45, 2.75) is 26.8 Å². The number of rotatable bonds is 5. The van der Waals surface area contributed by atoms with Crippen molar-refractivity contribution in [2.24, 2.45) is 5.92 Å². The molecule has 0 saturated heterocycles. The molecule has 0 bridgehead atoms. The summed E-state index contributed by atoms with van der Waals surface area (Å²) >= 11 is 12.1. The number of aromatic nitrogens is 2. The third kappa shape index (κ3) is 4.21. The van der Waals surface area contributed by atoms with Crippen LogP contribution in [0.1, 0.15) is 31.3 Å². The van der Waals surface area contributed by atoms with E-state index in [1.54, 1.807) is 42.5 Å². The van der Waals surface area contributed by atoms with Crippen molar-refractivity contribution in [3.8, 4) is 16.9 Å². The van der Waals surface area contributed by atoms with Gasteiger partial charge in [0.05, 0.1) is 21.4 Å². The van der Waals surface area contributed by atoms with Gasteiger partial charge in [-0.3, -0.25) is 4.79 Å². The van der Waals surface area contributed by atoms with Crippen molar-refractivity contribution in [1.29, 1.82) is 0 Å². The van der Waals surface area contributed by atoms with Crippen molar-refractivity contribution in [1.82, 2.24) is 15.1 Å². The summed E-state index contributed by atoms with van der Waals surface area (Å²) in [6.07, 6.45) is 0. The number of hydrogen-bond acceptors (Lipinski definition) is 2. The summed E-state index contributed by atoms with van der Waals surface area (Å²) in [5.74, 6) is -0.456. The fourth-order valence-corrected chi connectivity index (χ4v) is 2.90. The molecule has 0 spiro atoms. The quantitative estimate of drug-likeness (QED) is 0.571. The second-order valence-corrected chi connectivity index (χ2v) is 7.73. The van der Waals surface area contributed by atoms with E-state index < -0.39 is 5.82 Å². The molecule has 1 atom stereocenters. The van der Waals surface area contributed by atoms with Gasteiger partial charge in [0.25, 0.3) is 5.91 Å². The summed E-state index contributed by atoms with van der Waals surface area (Å²) in [5.41, 5.74) is 1.50. The highest BCUT2D eigenvalue weighted by atomic mass is 35.5. The van der Waals surface area contributed by atoms with Gasteiger partial charge in [-0.2, -0.15) is 5.10 Å². The minimum Gasteiger partial charge on any atom is -0.348 e. The first kappa shape index (κ1) is 20.4. The van der Waals surface area contributed by atoms with E-state index in [2.05, 4.69) is 10.4 Å². The van der Waals surface area contributed by atoms with E-state index in [1.165, 1.54) is 10.7 Å².